The van der Waals surface area contributed by atoms with Crippen LogP contribution in [0, 0.1) is 30.6 Å². The maximum atomic E-state index is 12.7. The van der Waals surface area contributed by atoms with Gasteiger partial charge in [0, 0.05) is 37.5 Å². The van der Waals surface area contributed by atoms with Crippen LogP contribution >= 0.6 is 0 Å². The van der Waals surface area contributed by atoms with E-state index in [0.29, 0.717) is 25.2 Å². The van der Waals surface area contributed by atoms with Crippen LogP contribution in [0.25, 0.3) is 22.4 Å². The normalized spacial score (nSPS) is 19.0. The minimum Gasteiger partial charge on any atom is -0.465 e. The SMILES string of the molecule is Cc1cc(-c2nc3cc(CC(C)[C@H](C)C[C@H](C(=O)OCC(C)C)[C@@H](C)O)ccc3n2CC2COCCN2C)cn(C)c1=O. The molecule has 9 nitrogen and oxygen atoms in total. The molecule has 1 aliphatic heterocycles. The molecule has 1 fully saturated rings. The summed E-state index contributed by atoms with van der Waals surface area (Å²) in [4.78, 5) is 32.6. The van der Waals surface area contributed by atoms with Crippen LogP contribution < -0.4 is 5.56 Å². The lowest BCUT2D eigenvalue weighted by atomic mass is 9.82. The first kappa shape index (κ1) is 32.9. The van der Waals surface area contributed by atoms with Crippen LogP contribution in [0.5, 0.6) is 0 Å². The van der Waals surface area contributed by atoms with Gasteiger partial charge in [0.1, 0.15) is 5.82 Å². The number of pyridine rings is 1. The molecule has 3 heterocycles. The second-order valence-corrected chi connectivity index (χ2v) is 13.2. The lowest BCUT2D eigenvalue weighted by molar-refractivity contribution is -0.154. The molecule has 236 valence electrons. The number of hydrogen-bond donors (Lipinski definition) is 1. The molecule has 1 aromatic carbocycles. The van der Waals surface area contributed by atoms with Gasteiger partial charge in [0.25, 0.3) is 5.56 Å². The fraction of sp³-hybridized carbons (Fsp3) is 0.618. The summed E-state index contributed by atoms with van der Waals surface area (Å²) >= 11 is 0. The largest absolute Gasteiger partial charge is 0.465 e. The number of morpholine rings is 1. The summed E-state index contributed by atoms with van der Waals surface area (Å²) in [6.45, 7) is 15.2. The van der Waals surface area contributed by atoms with Gasteiger partial charge in [-0.15, -0.1) is 0 Å². The highest BCUT2D eigenvalue weighted by molar-refractivity contribution is 5.81. The minimum atomic E-state index is -0.761. The first-order chi connectivity index (χ1) is 20.3. The third kappa shape index (κ3) is 7.94. The van der Waals surface area contributed by atoms with Gasteiger partial charge in [0.2, 0.25) is 0 Å². The highest BCUT2D eigenvalue weighted by atomic mass is 16.5. The summed E-state index contributed by atoms with van der Waals surface area (Å²) in [5, 5.41) is 10.4. The van der Waals surface area contributed by atoms with Gasteiger partial charge in [-0.2, -0.15) is 0 Å². The molecule has 2 aromatic heterocycles. The van der Waals surface area contributed by atoms with E-state index in [1.165, 1.54) is 5.56 Å². The van der Waals surface area contributed by atoms with Gasteiger partial charge in [0.05, 0.1) is 48.9 Å². The van der Waals surface area contributed by atoms with Crippen LogP contribution in [0.1, 0.15) is 52.2 Å². The number of carbonyl (C=O) groups excluding carboxylic acids is 1. The number of aromatic nitrogens is 3. The van der Waals surface area contributed by atoms with Crippen LogP contribution in [0.2, 0.25) is 0 Å². The molecule has 5 atom stereocenters. The second-order valence-electron chi connectivity index (χ2n) is 13.2. The average molecular weight is 595 g/mol. The van der Waals surface area contributed by atoms with Gasteiger partial charge in [-0.05, 0) is 75.3 Å². The predicted molar refractivity (Wildman–Crippen MR) is 170 cm³/mol. The quantitative estimate of drug-likeness (QED) is 0.310. The lowest BCUT2D eigenvalue weighted by Gasteiger charge is -2.33. The number of likely N-dealkylation sites (N-methyl/N-ethyl adjacent to an activating group) is 1. The molecular weight excluding hydrogens is 544 g/mol. The van der Waals surface area contributed by atoms with Crippen LogP contribution in [-0.2, 0) is 34.3 Å². The summed E-state index contributed by atoms with van der Waals surface area (Å²) in [7, 11) is 3.91. The smallest absolute Gasteiger partial charge is 0.311 e. The Bertz CT molecular complexity index is 1430. The Morgan fingerprint density at radius 1 is 1.14 bits per heavy atom. The molecule has 0 bridgehead atoms. The van der Waals surface area contributed by atoms with Crippen LogP contribution in [-0.4, -0.2) is 75.7 Å². The van der Waals surface area contributed by atoms with Crippen molar-refractivity contribution in [2.45, 2.75) is 73.1 Å². The van der Waals surface area contributed by atoms with Crippen molar-refractivity contribution in [2.24, 2.45) is 30.7 Å². The molecule has 1 N–H and O–H groups in total. The van der Waals surface area contributed by atoms with E-state index in [0.717, 1.165) is 48.5 Å². The monoisotopic (exact) mass is 594 g/mol. The third-order valence-corrected chi connectivity index (χ3v) is 8.95. The number of ether oxygens (including phenoxy) is 2. The minimum absolute atomic E-state index is 0.0109. The molecule has 1 saturated heterocycles. The van der Waals surface area contributed by atoms with Crippen LogP contribution in [0.15, 0.2) is 35.3 Å². The fourth-order valence-corrected chi connectivity index (χ4v) is 5.90. The predicted octanol–water partition coefficient (Wildman–Crippen LogP) is 4.44. The Kier molecular flexibility index (Phi) is 10.8. The number of rotatable bonds is 12. The maximum absolute atomic E-state index is 12.7. The van der Waals surface area contributed by atoms with E-state index in [2.05, 4.69) is 48.6 Å². The van der Waals surface area contributed by atoms with Crippen molar-refractivity contribution in [1.29, 1.82) is 0 Å². The Labute approximate surface area is 255 Å². The number of aryl methyl sites for hydroxylation is 2. The highest BCUT2D eigenvalue weighted by Gasteiger charge is 2.30. The number of esters is 1. The van der Waals surface area contributed by atoms with Crippen molar-refractivity contribution in [3.05, 3.63) is 51.9 Å². The van der Waals surface area contributed by atoms with Gasteiger partial charge < -0.3 is 23.7 Å². The maximum Gasteiger partial charge on any atom is 0.311 e. The topological polar surface area (TPSA) is 98.8 Å². The van der Waals surface area contributed by atoms with E-state index in [-0.39, 0.29) is 35.3 Å². The van der Waals surface area contributed by atoms with Crippen molar-refractivity contribution in [3.8, 4) is 11.4 Å². The van der Waals surface area contributed by atoms with E-state index in [9.17, 15) is 14.7 Å². The molecule has 0 radical (unpaired) electrons. The Hall–Kier alpha value is -3.01. The first-order valence-corrected chi connectivity index (χ1v) is 15.6. The zero-order valence-electron chi connectivity index (χ0n) is 27.2. The lowest BCUT2D eigenvalue weighted by Crippen LogP contribution is -2.45. The fourth-order valence-electron chi connectivity index (χ4n) is 5.90. The van der Waals surface area contributed by atoms with Gasteiger partial charge >= 0.3 is 5.97 Å². The first-order valence-electron chi connectivity index (χ1n) is 15.6. The number of carbonyl (C=O) groups is 1. The molecule has 0 spiro atoms. The van der Waals surface area contributed by atoms with E-state index >= 15 is 0 Å². The molecule has 4 rings (SSSR count). The van der Waals surface area contributed by atoms with E-state index in [4.69, 9.17) is 14.5 Å². The van der Waals surface area contributed by atoms with Crippen molar-refractivity contribution < 1.29 is 19.4 Å². The van der Waals surface area contributed by atoms with Gasteiger partial charge in [0.15, 0.2) is 0 Å². The summed E-state index contributed by atoms with van der Waals surface area (Å²) in [5.41, 5.74) is 4.72. The van der Waals surface area contributed by atoms with Crippen molar-refractivity contribution in [3.63, 3.8) is 0 Å². The standard InChI is InChI=1S/C34H50N4O5/c1-21(2)19-43-34(41)29(25(6)39)15-23(4)22(3)13-26-9-10-31-30(16-26)35-32(27-14-24(5)33(40)37(8)17-27)38(31)18-28-20-42-12-11-36(28)7/h9-10,14,16-17,21-23,25,28-29,39H,11-13,15,18-20H2,1-8H3/t22?,23-,25-,28?,29+/m1/s1. The second kappa shape index (κ2) is 14.2. The number of hydrogen-bond acceptors (Lipinski definition) is 7. The molecule has 2 unspecified atom stereocenters. The average Bonchev–Trinajstić information content (AvgIpc) is 3.31. The molecule has 43 heavy (non-hydrogen) atoms. The summed E-state index contributed by atoms with van der Waals surface area (Å²) < 4.78 is 15.2. The van der Waals surface area contributed by atoms with Crippen molar-refractivity contribution in [2.75, 3.05) is 33.4 Å². The Balaban J connectivity index is 1.60. The number of benzene rings is 1. The molecule has 0 aliphatic carbocycles. The Morgan fingerprint density at radius 3 is 2.53 bits per heavy atom. The summed E-state index contributed by atoms with van der Waals surface area (Å²) in [6, 6.07) is 8.63. The van der Waals surface area contributed by atoms with Crippen LogP contribution in [0.3, 0.4) is 0 Å². The molecule has 0 saturated carbocycles. The van der Waals surface area contributed by atoms with E-state index < -0.39 is 12.0 Å². The molecule has 3 aromatic rings. The number of aliphatic hydroxyl groups excluding tert-OH is 1. The molecular formula is C34H50N4O5. The van der Waals surface area contributed by atoms with Gasteiger partial charge in [-0.1, -0.05) is 33.8 Å². The zero-order chi connectivity index (χ0) is 31.4. The van der Waals surface area contributed by atoms with Crippen molar-refractivity contribution in [1.82, 2.24) is 19.0 Å². The zero-order valence-corrected chi connectivity index (χ0v) is 27.2. The van der Waals surface area contributed by atoms with Gasteiger partial charge in [-0.3, -0.25) is 14.5 Å². The summed E-state index contributed by atoms with van der Waals surface area (Å²) in [6.07, 6.45) is 2.50. The number of nitrogens with zero attached hydrogens (tertiary/aromatic N) is 4. The van der Waals surface area contributed by atoms with Gasteiger partial charge in [-0.25, -0.2) is 4.98 Å². The molecule has 9 heteroatoms. The van der Waals surface area contributed by atoms with E-state index in [1.54, 1.807) is 18.5 Å². The van der Waals surface area contributed by atoms with Crippen molar-refractivity contribution >= 4 is 17.0 Å². The highest BCUT2D eigenvalue weighted by Crippen LogP contribution is 2.30. The molecule has 1 aliphatic rings. The molecule has 0 amide bonds. The summed E-state index contributed by atoms with van der Waals surface area (Å²) in [5.74, 6) is 0.714. The third-order valence-electron chi connectivity index (χ3n) is 8.95. The number of imidazole rings is 1. The van der Waals surface area contributed by atoms with Crippen LogP contribution in [0.4, 0.5) is 0 Å². The number of aliphatic hydroxyl groups is 1. The number of fused-ring (bicyclic) bond motifs is 1. The van der Waals surface area contributed by atoms with E-state index in [1.807, 2.05) is 33.0 Å². The Morgan fingerprint density at radius 2 is 1.88 bits per heavy atom.